The molecule has 1 saturated heterocycles. The van der Waals surface area contributed by atoms with Crippen LogP contribution >= 0.6 is 15.9 Å². The van der Waals surface area contributed by atoms with Crippen LogP contribution in [-0.2, 0) is 14.3 Å². The summed E-state index contributed by atoms with van der Waals surface area (Å²) in [5.74, 6) is -1.69. The third kappa shape index (κ3) is 3.94. The van der Waals surface area contributed by atoms with Crippen molar-refractivity contribution in [1.29, 1.82) is 0 Å². The molecule has 0 N–H and O–H groups in total. The van der Waals surface area contributed by atoms with E-state index in [9.17, 15) is 19.2 Å². The number of benzene rings is 2. The molecule has 0 radical (unpaired) electrons. The van der Waals surface area contributed by atoms with Gasteiger partial charge in [-0.25, -0.2) is 4.79 Å². The van der Waals surface area contributed by atoms with Gasteiger partial charge in [-0.3, -0.25) is 19.3 Å². The second kappa shape index (κ2) is 8.52. The Morgan fingerprint density at radius 3 is 1.97 bits per heavy atom. The van der Waals surface area contributed by atoms with Crippen LogP contribution in [0.25, 0.3) is 0 Å². The fraction of sp³-hybridized carbons (Fsp3) is 0.304. The van der Waals surface area contributed by atoms with Gasteiger partial charge in [0.1, 0.15) is 0 Å². The maximum atomic E-state index is 12.7. The summed E-state index contributed by atoms with van der Waals surface area (Å²) in [5.41, 5.74) is 1.16. The fourth-order valence-electron chi connectivity index (χ4n) is 4.10. The molecule has 2 aromatic carbocycles. The third-order valence-electron chi connectivity index (χ3n) is 5.70. The number of rotatable bonds is 5. The summed E-state index contributed by atoms with van der Waals surface area (Å²) in [6, 6.07) is 12.9. The number of ketones is 1. The van der Waals surface area contributed by atoms with E-state index in [1.807, 2.05) is 0 Å². The molecule has 0 bridgehead atoms. The number of carbonyl (C=O) groups excluding carboxylic acids is 4. The molecule has 1 aliphatic heterocycles. The van der Waals surface area contributed by atoms with Crippen molar-refractivity contribution in [3.63, 3.8) is 0 Å². The number of Topliss-reactive ketones (excluding diaryl/α,β-unsaturated/α-hetero) is 1. The van der Waals surface area contributed by atoms with Crippen molar-refractivity contribution < 1.29 is 23.9 Å². The Bertz CT molecular complexity index is 975. The van der Waals surface area contributed by atoms with Gasteiger partial charge < -0.3 is 4.74 Å². The number of amides is 2. The zero-order valence-corrected chi connectivity index (χ0v) is 17.8. The van der Waals surface area contributed by atoms with Gasteiger partial charge in [0.15, 0.2) is 12.4 Å². The van der Waals surface area contributed by atoms with Crippen LogP contribution in [0.3, 0.4) is 0 Å². The van der Waals surface area contributed by atoms with Crippen LogP contribution in [-0.4, -0.2) is 30.2 Å². The number of fused-ring (bicyclic) bond motifs is 1. The molecule has 2 aromatic rings. The maximum absolute atomic E-state index is 12.7. The van der Waals surface area contributed by atoms with Gasteiger partial charge in [0.05, 0.1) is 23.1 Å². The van der Waals surface area contributed by atoms with Crippen LogP contribution in [0.5, 0.6) is 0 Å². The molecule has 2 fully saturated rings. The topological polar surface area (TPSA) is 80.8 Å². The van der Waals surface area contributed by atoms with Crippen LogP contribution in [0.2, 0.25) is 0 Å². The predicted molar refractivity (Wildman–Crippen MR) is 113 cm³/mol. The number of esters is 1. The van der Waals surface area contributed by atoms with E-state index >= 15 is 0 Å². The maximum Gasteiger partial charge on any atom is 0.338 e. The minimum absolute atomic E-state index is 0.153. The predicted octanol–water partition coefficient (Wildman–Crippen LogP) is 4.17. The number of hydrogen-bond acceptors (Lipinski definition) is 5. The van der Waals surface area contributed by atoms with Gasteiger partial charge in [-0.05, 0) is 49.2 Å². The Morgan fingerprint density at radius 2 is 1.40 bits per heavy atom. The summed E-state index contributed by atoms with van der Waals surface area (Å²) < 4.78 is 5.96. The lowest BCUT2D eigenvalue weighted by Crippen LogP contribution is -2.30. The largest absolute Gasteiger partial charge is 0.454 e. The van der Waals surface area contributed by atoms with Gasteiger partial charge in [0.2, 0.25) is 11.8 Å². The number of nitrogens with zero attached hydrogens (tertiary/aromatic N) is 1. The number of hydrogen-bond donors (Lipinski definition) is 0. The third-order valence-corrected chi connectivity index (χ3v) is 6.23. The fourth-order valence-corrected chi connectivity index (χ4v) is 4.36. The molecule has 6 nitrogen and oxygen atoms in total. The van der Waals surface area contributed by atoms with Gasteiger partial charge in [-0.15, -0.1) is 0 Å². The lowest BCUT2D eigenvalue weighted by Gasteiger charge is -2.19. The smallest absolute Gasteiger partial charge is 0.338 e. The monoisotopic (exact) mass is 469 g/mol. The van der Waals surface area contributed by atoms with E-state index in [4.69, 9.17) is 4.74 Å². The highest BCUT2D eigenvalue weighted by Crippen LogP contribution is 2.40. The summed E-state index contributed by atoms with van der Waals surface area (Å²) in [4.78, 5) is 51.0. The average molecular weight is 470 g/mol. The Balaban J connectivity index is 1.40. The van der Waals surface area contributed by atoms with Crippen LogP contribution in [0.15, 0.2) is 53.0 Å². The molecule has 30 heavy (non-hydrogen) atoms. The molecule has 7 heteroatoms. The summed E-state index contributed by atoms with van der Waals surface area (Å²) in [5, 5.41) is 0. The average Bonchev–Trinajstić information content (AvgIpc) is 3.03. The number of halogens is 1. The molecule has 0 unspecified atom stereocenters. The standard InChI is InChI=1S/C23H20BrNO5/c24-16-9-5-14(6-10-16)20(26)13-30-23(29)15-7-11-17(12-8-15)25-21(27)18-3-1-2-4-19(18)22(25)28/h5-12,18-19H,1-4,13H2/t18-,19-/m1/s1. The molecular formula is C23H20BrNO5. The van der Waals surface area contributed by atoms with Crippen molar-refractivity contribution in [1.82, 2.24) is 0 Å². The molecular weight excluding hydrogens is 450 g/mol. The van der Waals surface area contributed by atoms with Crippen LogP contribution in [0.1, 0.15) is 46.4 Å². The van der Waals surface area contributed by atoms with E-state index in [0.717, 1.165) is 30.2 Å². The first-order chi connectivity index (χ1) is 14.5. The number of imide groups is 1. The molecule has 1 saturated carbocycles. The number of ether oxygens (including phenoxy) is 1. The molecule has 0 spiro atoms. The minimum Gasteiger partial charge on any atom is -0.454 e. The Labute approximate surface area is 182 Å². The second-order valence-corrected chi connectivity index (χ2v) is 8.48. The molecule has 1 heterocycles. The molecule has 154 valence electrons. The number of anilines is 1. The van der Waals surface area contributed by atoms with Crippen molar-refractivity contribution in [3.8, 4) is 0 Å². The Morgan fingerprint density at radius 1 is 0.867 bits per heavy atom. The van der Waals surface area contributed by atoms with E-state index in [-0.39, 0.29) is 41.6 Å². The van der Waals surface area contributed by atoms with Crippen LogP contribution in [0, 0.1) is 11.8 Å². The zero-order valence-electron chi connectivity index (χ0n) is 16.2. The van der Waals surface area contributed by atoms with E-state index in [0.29, 0.717) is 11.3 Å². The van der Waals surface area contributed by atoms with E-state index in [2.05, 4.69) is 15.9 Å². The highest BCUT2D eigenvalue weighted by atomic mass is 79.9. The summed E-state index contributed by atoms with van der Waals surface area (Å²) in [6.07, 6.45) is 3.45. The Kier molecular flexibility index (Phi) is 5.81. The summed E-state index contributed by atoms with van der Waals surface area (Å²) in [6.45, 7) is -0.366. The second-order valence-electron chi connectivity index (χ2n) is 7.56. The number of carbonyl (C=O) groups is 4. The van der Waals surface area contributed by atoms with Crippen molar-refractivity contribution in [2.45, 2.75) is 25.7 Å². The van der Waals surface area contributed by atoms with Crippen molar-refractivity contribution in [3.05, 3.63) is 64.1 Å². The van der Waals surface area contributed by atoms with Crippen LogP contribution in [0.4, 0.5) is 5.69 Å². The first-order valence-electron chi connectivity index (χ1n) is 9.89. The SMILES string of the molecule is O=C(COC(=O)c1ccc(N2C(=O)[C@@H]3CCCC[C@H]3C2=O)cc1)c1ccc(Br)cc1. The molecule has 2 atom stereocenters. The van der Waals surface area contributed by atoms with Crippen molar-refractivity contribution in [2.75, 3.05) is 11.5 Å². The molecule has 4 rings (SSSR count). The lowest BCUT2D eigenvalue weighted by atomic mass is 9.81. The quantitative estimate of drug-likeness (QED) is 0.372. The molecule has 1 aliphatic carbocycles. The van der Waals surface area contributed by atoms with Crippen LogP contribution < -0.4 is 4.90 Å². The molecule has 0 aromatic heterocycles. The van der Waals surface area contributed by atoms with Crippen molar-refractivity contribution in [2.24, 2.45) is 11.8 Å². The molecule has 2 aliphatic rings. The normalized spacial score (nSPS) is 20.8. The molecule has 2 amide bonds. The van der Waals surface area contributed by atoms with Gasteiger partial charge in [-0.1, -0.05) is 40.9 Å². The first-order valence-corrected chi connectivity index (χ1v) is 10.7. The van der Waals surface area contributed by atoms with E-state index in [1.54, 1.807) is 36.4 Å². The van der Waals surface area contributed by atoms with Gasteiger partial charge >= 0.3 is 5.97 Å². The van der Waals surface area contributed by atoms with Gasteiger partial charge in [0.25, 0.3) is 0 Å². The highest BCUT2D eigenvalue weighted by molar-refractivity contribution is 9.10. The van der Waals surface area contributed by atoms with E-state index < -0.39 is 5.97 Å². The first kappa shape index (κ1) is 20.5. The van der Waals surface area contributed by atoms with E-state index in [1.165, 1.54) is 17.0 Å². The van der Waals surface area contributed by atoms with Crippen molar-refractivity contribution >= 4 is 45.2 Å². The Hall–Kier alpha value is -2.80. The van der Waals surface area contributed by atoms with Gasteiger partial charge in [0, 0.05) is 10.0 Å². The highest BCUT2D eigenvalue weighted by Gasteiger charge is 2.48. The van der Waals surface area contributed by atoms with Gasteiger partial charge in [-0.2, -0.15) is 0 Å². The summed E-state index contributed by atoms with van der Waals surface area (Å²) >= 11 is 3.30. The summed E-state index contributed by atoms with van der Waals surface area (Å²) in [7, 11) is 0. The zero-order chi connectivity index (χ0) is 21.3. The minimum atomic E-state index is -0.639. The lowest BCUT2D eigenvalue weighted by molar-refractivity contribution is -0.122.